The van der Waals surface area contributed by atoms with Crippen molar-refractivity contribution in [2.45, 2.75) is 0 Å². The molecule has 4 aromatic rings. The Bertz CT molecular complexity index is 1200. The van der Waals surface area contributed by atoms with Gasteiger partial charge in [0.1, 0.15) is 21.9 Å². The number of amides is 1. The number of nitrogens with zero attached hydrogens (tertiary/aromatic N) is 3. The van der Waals surface area contributed by atoms with Crippen LogP contribution >= 0.6 is 11.3 Å². The Kier molecular flexibility index (Phi) is 4.92. The average molecular weight is 412 g/mol. The minimum atomic E-state index is -0.636. The molecule has 1 amide bonds. The molecule has 0 aliphatic carbocycles. The molecule has 8 nitrogen and oxygen atoms in total. The summed E-state index contributed by atoms with van der Waals surface area (Å²) in [7, 11) is 1.38. The molecule has 1 aromatic carbocycles. The molecule has 0 atom stereocenters. The van der Waals surface area contributed by atoms with Crippen molar-refractivity contribution >= 4 is 32.7 Å². The maximum atomic E-state index is 13.0. The molecule has 0 fully saturated rings. The zero-order chi connectivity index (χ0) is 20.4. The number of carbonyl (C=O) groups excluding carboxylic acids is 1. The first-order chi connectivity index (χ1) is 14.0. The Morgan fingerprint density at radius 3 is 2.69 bits per heavy atom. The van der Waals surface area contributed by atoms with Crippen LogP contribution in [0.15, 0.2) is 48.7 Å². The predicted octanol–water partition coefficient (Wildman–Crippen LogP) is 3.98. The summed E-state index contributed by atoms with van der Waals surface area (Å²) in [5.74, 6) is -0.475. The predicted molar refractivity (Wildman–Crippen MR) is 104 cm³/mol. The van der Waals surface area contributed by atoms with Gasteiger partial charge in [0.15, 0.2) is 22.3 Å². The number of benzene rings is 1. The van der Waals surface area contributed by atoms with Crippen molar-refractivity contribution in [1.29, 1.82) is 0 Å². The zero-order valence-electron chi connectivity index (χ0n) is 14.9. The lowest BCUT2D eigenvalue weighted by Crippen LogP contribution is -2.13. The van der Waals surface area contributed by atoms with Gasteiger partial charge in [-0.3, -0.25) is 10.1 Å². The summed E-state index contributed by atoms with van der Waals surface area (Å²) in [5, 5.41) is 12.9. The van der Waals surface area contributed by atoms with E-state index < -0.39 is 5.91 Å². The summed E-state index contributed by atoms with van der Waals surface area (Å²) in [4.78, 5) is 25.5. The molecule has 0 aliphatic rings. The second-order valence-corrected chi connectivity index (χ2v) is 6.69. The maximum Gasteiger partial charge on any atom is 0.280 e. The molecule has 0 bridgehead atoms. The van der Waals surface area contributed by atoms with Crippen molar-refractivity contribution in [1.82, 2.24) is 15.0 Å². The van der Waals surface area contributed by atoms with E-state index in [1.165, 1.54) is 43.6 Å². The Balaban J connectivity index is 1.54. The van der Waals surface area contributed by atoms with Crippen LogP contribution < -0.4 is 14.8 Å². The summed E-state index contributed by atoms with van der Waals surface area (Å²) in [5.41, 5.74) is 0.372. The van der Waals surface area contributed by atoms with Crippen LogP contribution in [0.1, 0.15) is 10.5 Å². The first kappa shape index (κ1) is 18.6. The van der Waals surface area contributed by atoms with E-state index in [4.69, 9.17) is 9.47 Å². The van der Waals surface area contributed by atoms with Gasteiger partial charge in [-0.1, -0.05) is 11.3 Å². The standard InChI is InChI=1S/C19H13FN4O4S/c1-27-13-8-9-21-15(16(13)25)17(26)24-19-22-12-6-7-14(23-18(12)29-19)28-11-4-2-10(20)3-5-11/h2-9,25H,1H3,(H,22,24,26). The first-order valence-corrected chi connectivity index (χ1v) is 9.09. The summed E-state index contributed by atoms with van der Waals surface area (Å²) in [6, 6.07) is 10.3. The number of aromatic hydroxyl groups is 1. The van der Waals surface area contributed by atoms with Crippen LogP contribution in [0.25, 0.3) is 10.3 Å². The highest BCUT2D eigenvalue weighted by molar-refractivity contribution is 7.22. The van der Waals surface area contributed by atoms with Gasteiger partial charge in [-0.05, 0) is 30.3 Å². The van der Waals surface area contributed by atoms with E-state index in [-0.39, 0.29) is 28.1 Å². The van der Waals surface area contributed by atoms with Crippen LogP contribution in [0.4, 0.5) is 9.52 Å². The van der Waals surface area contributed by atoms with Crippen LogP contribution in [0.2, 0.25) is 0 Å². The van der Waals surface area contributed by atoms with Crippen molar-refractivity contribution in [2.75, 3.05) is 12.4 Å². The van der Waals surface area contributed by atoms with Gasteiger partial charge in [-0.2, -0.15) is 0 Å². The molecule has 2 N–H and O–H groups in total. The molecule has 146 valence electrons. The molecule has 3 heterocycles. The number of methoxy groups -OCH3 is 1. The van der Waals surface area contributed by atoms with Crippen LogP contribution in [0, 0.1) is 5.82 Å². The fourth-order valence-electron chi connectivity index (χ4n) is 2.46. The smallest absolute Gasteiger partial charge is 0.280 e. The second kappa shape index (κ2) is 7.68. The minimum Gasteiger partial charge on any atom is -0.503 e. The van der Waals surface area contributed by atoms with Gasteiger partial charge in [0.2, 0.25) is 5.88 Å². The highest BCUT2D eigenvalue weighted by Crippen LogP contribution is 2.31. The first-order valence-electron chi connectivity index (χ1n) is 8.28. The third-order valence-electron chi connectivity index (χ3n) is 3.81. The highest BCUT2D eigenvalue weighted by atomic mass is 32.1. The minimum absolute atomic E-state index is 0.138. The number of carbonyl (C=O) groups is 1. The number of hydrogen-bond donors (Lipinski definition) is 2. The van der Waals surface area contributed by atoms with E-state index in [1.807, 2.05) is 0 Å². The topological polar surface area (TPSA) is 106 Å². The number of halogens is 1. The normalized spacial score (nSPS) is 10.7. The molecule has 29 heavy (non-hydrogen) atoms. The Hall–Kier alpha value is -3.79. The van der Waals surface area contributed by atoms with Crippen molar-refractivity contribution in [2.24, 2.45) is 0 Å². The lowest BCUT2D eigenvalue weighted by Gasteiger charge is -2.06. The second-order valence-electron chi connectivity index (χ2n) is 5.71. The quantitative estimate of drug-likeness (QED) is 0.510. The number of nitrogens with one attached hydrogen (secondary N) is 1. The lowest BCUT2D eigenvalue weighted by atomic mass is 10.3. The molecule has 0 saturated heterocycles. The number of ether oxygens (including phenoxy) is 2. The monoisotopic (exact) mass is 412 g/mol. The number of fused-ring (bicyclic) bond motifs is 1. The zero-order valence-corrected chi connectivity index (χ0v) is 15.7. The number of pyridine rings is 2. The highest BCUT2D eigenvalue weighted by Gasteiger charge is 2.18. The van der Waals surface area contributed by atoms with Crippen LogP contribution in [-0.2, 0) is 0 Å². The molecule has 0 radical (unpaired) electrons. The summed E-state index contributed by atoms with van der Waals surface area (Å²) in [6.45, 7) is 0. The third kappa shape index (κ3) is 3.92. The molecule has 0 aliphatic heterocycles. The van der Waals surface area contributed by atoms with Crippen LogP contribution in [0.5, 0.6) is 23.1 Å². The van der Waals surface area contributed by atoms with E-state index in [0.29, 0.717) is 22.0 Å². The lowest BCUT2D eigenvalue weighted by molar-refractivity contribution is 0.101. The van der Waals surface area contributed by atoms with Gasteiger partial charge >= 0.3 is 0 Å². The van der Waals surface area contributed by atoms with Gasteiger partial charge in [0.05, 0.1) is 7.11 Å². The van der Waals surface area contributed by atoms with Crippen LogP contribution in [0.3, 0.4) is 0 Å². The van der Waals surface area contributed by atoms with Gasteiger partial charge in [-0.25, -0.2) is 19.3 Å². The average Bonchev–Trinajstić information content (AvgIpc) is 3.11. The van der Waals surface area contributed by atoms with Crippen molar-refractivity contribution < 1.29 is 23.8 Å². The largest absolute Gasteiger partial charge is 0.503 e. The molecule has 3 aromatic heterocycles. The fraction of sp³-hybridized carbons (Fsp3) is 0.0526. The van der Waals surface area contributed by atoms with Crippen molar-refractivity contribution in [3.05, 3.63) is 60.2 Å². The molecule has 0 unspecified atom stereocenters. The van der Waals surface area contributed by atoms with Gasteiger partial charge in [-0.15, -0.1) is 0 Å². The van der Waals surface area contributed by atoms with E-state index in [0.717, 1.165) is 11.3 Å². The van der Waals surface area contributed by atoms with E-state index >= 15 is 0 Å². The van der Waals surface area contributed by atoms with E-state index in [9.17, 15) is 14.3 Å². The Morgan fingerprint density at radius 1 is 1.14 bits per heavy atom. The summed E-state index contributed by atoms with van der Waals surface area (Å²) >= 11 is 1.13. The Morgan fingerprint density at radius 2 is 1.93 bits per heavy atom. The maximum absolute atomic E-state index is 13.0. The van der Waals surface area contributed by atoms with E-state index in [2.05, 4.69) is 20.3 Å². The van der Waals surface area contributed by atoms with Crippen LogP contribution in [-0.4, -0.2) is 33.1 Å². The molecule has 10 heteroatoms. The van der Waals surface area contributed by atoms with Gasteiger partial charge < -0.3 is 14.6 Å². The Labute approximate surface area is 167 Å². The van der Waals surface area contributed by atoms with Crippen molar-refractivity contribution in [3.63, 3.8) is 0 Å². The third-order valence-corrected chi connectivity index (χ3v) is 4.69. The number of rotatable bonds is 5. The molecule has 0 saturated carbocycles. The summed E-state index contributed by atoms with van der Waals surface area (Å²) < 4.78 is 23.6. The van der Waals surface area contributed by atoms with Gasteiger partial charge in [0, 0.05) is 18.3 Å². The van der Waals surface area contributed by atoms with E-state index in [1.54, 1.807) is 12.1 Å². The number of anilines is 1. The van der Waals surface area contributed by atoms with Crippen molar-refractivity contribution in [3.8, 4) is 23.1 Å². The molecule has 0 spiro atoms. The summed E-state index contributed by atoms with van der Waals surface area (Å²) in [6.07, 6.45) is 1.35. The number of aromatic nitrogens is 3. The molecule has 4 rings (SSSR count). The molecular weight excluding hydrogens is 399 g/mol. The SMILES string of the molecule is COc1ccnc(C(=O)Nc2nc3ccc(Oc4ccc(F)cc4)nc3s2)c1O. The van der Waals surface area contributed by atoms with Gasteiger partial charge in [0.25, 0.3) is 5.91 Å². The number of hydrogen-bond acceptors (Lipinski definition) is 8. The fourth-order valence-corrected chi connectivity index (χ4v) is 3.28. The molecular formula is C19H13FN4O4S. The number of thiazole rings is 1.